The molecule has 0 saturated carbocycles. The number of aryl methyl sites for hydroxylation is 2. The molecule has 0 atom stereocenters. The second kappa shape index (κ2) is 6.89. The first-order valence-electron chi connectivity index (χ1n) is 7.09. The van der Waals surface area contributed by atoms with Gasteiger partial charge in [0.1, 0.15) is 12.3 Å². The molecule has 1 aromatic carbocycles. The standard InChI is InChI=1S/C16H19N3O3/c1-4-19(16(21)13-8-6-5-7-11(13)2)10-15(20)17-14-9-12(3)22-18-14/h5-9H,4,10H2,1-3H3,(H,17,18,20). The lowest BCUT2D eigenvalue weighted by Gasteiger charge is -2.21. The van der Waals surface area contributed by atoms with Crippen molar-refractivity contribution in [1.82, 2.24) is 10.1 Å². The first-order valence-corrected chi connectivity index (χ1v) is 7.09. The van der Waals surface area contributed by atoms with Crippen molar-refractivity contribution in [2.24, 2.45) is 0 Å². The van der Waals surface area contributed by atoms with Crippen LogP contribution in [0.5, 0.6) is 0 Å². The Balaban J connectivity index is 2.04. The average molecular weight is 301 g/mol. The average Bonchev–Trinajstić information content (AvgIpc) is 2.89. The Kier molecular flexibility index (Phi) is 4.93. The van der Waals surface area contributed by atoms with Crippen LogP contribution in [0.25, 0.3) is 0 Å². The summed E-state index contributed by atoms with van der Waals surface area (Å²) in [6.45, 7) is 5.86. The number of benzene rings is 1. The summed E-state index contributed by atoms with van der Waals surface area (Å²) in [6, 6.07) is 8.95. The first-order chi connectivity index (χ1) is 10.5. The van der Waals surface area contributed by atoms with Crippen molar-refractivity contribution < 1.29 is 14.1 Å². The molecule has 0 radical (unpaired) electrons. The maximum absolute atomic E-state index is 12.5. The fourth-order valence-corrected chi connectivity index (χ4v) is 2.09. The molecule has 0 aliphatic heterocycles. The van der Waals surface area contributed by atoms with Crippen molar-refractivity contribution in [1.29, 1.82) is 0 Å². The monoisotopic (exact) mass is 301 g/mol. The van der Waals surface area contributed by atoms with Crippen molar-refractivity contribution in [3.05, 3.63) is 47.2 Å². The molecule has 2 amide bonds. The molecule has 0 aliphatic carbocycles. The molecule has 1 N–H and O–H groups in total. The van der Waals surface area contributed by atoms with E-state index in [0.29, 0.717) is 23.7 Å². The molecule has 6 heteroatoms. The van der Waals surface area contributed by atoms with Crippen molar-refractivity contribution in [3.63, 3.8) is 0 Å². The fraction of sp³-hybridized carbons (Fsp3) is 0.312. The van der Waals surface area contributed by atoms with Gasteiger partial charge in [-0.3, -0.25) is 9.59 Å². The third kappa shape index (κ3) is 3.72. The zero-order valence-corrected chi connectivity index (χ0v) is 12.9. The number of aromatic nitrogens is 1. The van der Waals surface area contributed by atoms with Gasteiger partial charge < -0.3 is 14.7 Å². The molecule has 1 aromatic heterocycles. The summed E-state index contributed by atoms with van der Waals surface area (Å²) in [5, 5.41) is 6.31. The van der Waals surface area contributed by atoms with Gasteiger partial charge in [0.05, 0.1) is 0 Å². The number of hydrogen-bond acceptors (Lipinski definition) is 4. The molecule has 6 nitrogen and oxygen atoms in total. The van der Waals surface area contributed by atoms with Crippen LogP contribution < -0.4 is 5.32 Å². The predicted octanol–water partition coefficient (Wildman–Crippen LogP) is 2.39. The second-order valence-electron chi connectivity index (χ2n) is 5.01. The Morgan fingerprint density at radius 3 is 2.59 bits per heavy atom. The van der Waals surface area contributed by atoms with E-state index in [2.05, 4.69) is 10.5 Å². The number of nitrogens with one attached hydrogen (secondary N) is 1. The molecule has 0 unspecified atom stereocenters. The van der Waals surface area contributed by atoms with E-state index in [9.17, 15) is 9.59 Å². The van der Waals surface area contributed by atoms with E-state index in [1.54, 1.807) is 19.1 Å². The Bertz CT molecular complexity index is 679. The van der Waals surface area contributed by atoms with Crippen LogP contribution >= 0.6 is 0 Å². The van der Waals surface area contributed by atoms with Gasteiger partial charge in [-0.05, 0) is 32.4 Å². The SMILES string of the molecule is CCN(CC(=O)Nc1cc(C)on1)C(=O)c1ccccc1C. The Labute approximate surface area is 129 Å². The summed E-state index contributed by atoms with van der Waals surface area (Å²) < 4.78 is 4.88. The van der Waals surface area contributed by atoms with Gasteiger partial charge in [-0.15, -0.1) is 0 Å². The van der Waals surface area contributed by atoms with Crippen LogP contribution in [0.3, 0.4) is 0 Å². The van der Waals surface area contributed by atoms with Gasteiger partial charge in [0.25, 0.3) is 5.91 Å². The number of likely N-dealkylation sites (N-methyl/N-ethyl adjacent to an activating group) is 1. The van der Waals surface area contributed by atoms with Crippen LogP contribution in [0, 0.1) is 13.8 Å². The highest BCUT2D eigenvalue weighted by Gasteiger charge is 2.19. The number of amides is 2. The smallest absolute Gasteiger partial charge is 0.254 e. The molecule has 0 saturated heterocycles. The normalized spacial score (nSPS) is 10.3. The second-order valence-corrected chi connectivity index (χ2v) is 5.01. The van der Waals surface area contributed by atoms with Crippen LogP contribution in [0.1, 0.15) is 28.6 Å². The van der Waals surface area contributed by atoms with E-state index in [0.717, 1.165) is 5.56 Å². The molecule has 22 heavy (non-hydrogen) atoms. The van der Waals surface area contributed by atoms with E-state index in [-0.39, 0.29) is 18.4 Å². The number of carbonyl (C=O) groups is 2. The molecule has 0 aliphatic rings. The van der Waals surface area contributed by atoms with Gasteiger partial charge in [-0.2, -0.15) is 0 Å². The van der Waals surface area contributed by atoms with E-state index in [1.165, 1.54) is 4.90 Å². The zero-order valence-electron chi connectivity index (χ0n) is 12.9. The Morgan fingerprint density at radius 2 is 2.00 bits per heavy atom. The van der Waals surface area contributed by atoms with Crippen LogP contribution in [0.2, 0.25) is 0 Å². The molecular formula is C16H19N3O3. The van der Waals surface area contributed by atoms with Crippen molar-refractivity contribution in [2.45, 2.75) is 20.8 Å². The molecule has 116 valence electrons. The molecule has 0 spiro atoms. The van der Waals surface area contributed by atoms with Crippen molar-refractivity contribution in [2.75, 3.05) is 18.4 Å². The maximum atomic E-state index is 12.5. The van der Waals surface area contributed by atoms with Gasteiger partial charge in [0.15, 0.2) is 5.82 Å². The third-order valence-corrected chi connectivity index (χ3v) is 3.27. The Morgan fingerprint density at radius 1 is 1.27 bits per heavy atom. The van der Waals surface area contributed by atoms with Gasteiger partial charge in [-0.1, -0.05) is 23.4 Å². The number of nitrogens with zero attached hydrogens (tertiary/aromatic N) is 2. The van der Waals surface area contributed by atoms with E-state index < -0.39 is 0 Å². The van der Waals surface area contributed by atoms with E-state index in [1.807, 2.05) is 32.0 Å². The quantitative estimate of drug-likeness (QED) is 0.920. The van der Waals surface area contributed by atoms with Crippen LogP contribution in [0.15, 0.2) is 34.9 Å². The summed E-state index contributed by atoms with van der Waals surface area (Å²) in [6.07, 6.45) is 0. The fourth-order valence-electron chi connectivity index (χ4n) is 2.09. The highest BCUT2D eigenvalue weighted by Crippen LogP contribution is 2.11. The first kappa shape index (κ1) is 15.8. The lowest BCUT2D eigenvalue weighted by atomic mass is 10.1. The topological polar surface area (TPSA) is 75.4 Å². The summed E-state index contributed by atoms with van der Waals surface area (Å²) in [7, 11) is 0. The highest BCUT2D eigenvalue weighted by molar-refractivity contribution is 5.99. The largest absolute Gasteiger partial charge is 0.360 e. The van der Waals surface area contributed by atoms with Gasteiger partial charge >= 0.3 is 0 Å². The third-order valence-electron chi connectivity index (χ3n) is 3.27. The number of carbonyl (C=O) groups excluding carboxylic acids is 2. The molecule has 0 bridgehead atoms. The minimum atomic E-state index is -0.308. The van der Waals surface area contributed by atoms with Gasteiger partial charge in [0, 0.05) is 18.2 Å². The van der Waals surface area contributed by atoms with Gasteiger partial charge in [-0.25, -0.2) is 0 Å². The lowest BCUT2D eigenvalue weighted by molar-refractivity contribution is -0.116. The number of anilines is 1. The van der Waals surface area contributed by atoms with Crippen LogP contribution in [0.4, 0.5) is 5.82 Å². The maximum Gasteiger partial charge on any atom is 0.254 e. The Hall–Kier alpha value is -2.63. The molecule has 2 rings (SSSR count). The number of rotatable bonds is 5. The van der Waals surface area contributed by atoms with Crippen LogP contribution in [-0.2, 0) is 4.79 Å². The highest BCUT2D eigenvalue weighted by atomic mass is 16.5. The number of hydrogen-bond donors (Lipinski definition) is 1. The van der Waals surface area contributed by atoms with Crippen LogP contribution in [-0.4, -0.2) is 35.0 Å². The summed E-state index contributed by atoms with van der Waals surface area (Å²) >= 11 is 0. The van der Waals surface area contributed by atoms with Crippen molar-refractivity contribution in [3.8, 4) is 0 Å². The zero-order chi connectivity index (χ0) is 16.1. The molecule has 0 fully saturated rings. The van der Waals surface area contributed by atoms with Gasteiger partial charge in [0.2, 0.25) is 5.91 Å². The minimum absolute atomic E-state index is 0.0322. The minimum Gasteiger partial charge on any atom is -0.360 e. The van der Waals surface area contributed by atoms with E-state index in [4.69, 9.17) is 4.52 Å². The van der Waals surface area contributed by atoms with Crippen molar-refractivity contribution >= 4 is 17.6 Å². The summed E-state index contributed by atoms with van der Waals surface area (Å²) in [4.78, 5) is 26.0. The summed E-state index contributed by atoms with van der Waals surface area (Å²) in [5.74, 6) is 0.490. The summed E-state index contributed by atoms with van der Waals surface area (Å²) in [5.41, 5.74) is 1.49. The van der Waals surface area contributed by atoms with E-state index >= 15 is 0 Å². The lowest BCUT2D eigenvalue weighted by Crippen LogP contribution is -2.38. The molecular weight excluding hydrogens is 282 g/mol. The predicted molar refractivity (Wildman–Crippen MR) is 82.6 cm³/mol. The molecule has 1 heterocycles. The molecule has 2 aromatic rings.